The van der Waals surface area contributed by atoms with Gasteiger partial charge in [0.05, 0.1) is 13.3 Å². The lowest BCUT2D eigenvalue weighted by Gasteiger charge is -2.16. The molecule has 1 unspecified atom stereocenters. The van der Waals surface area contributed by atoms with Crippen molar-refractivity contribution in [3.63, 3.8) is 0 Å². The van der Waals surface area contributed by atoms with E-state index in [-0.39, 0.29) is 6.67 Å². The van der Waals surface area contributed by atoms with Crippen molar-refractivity contribution in [2.75, 3.05) is 26.9 Å². The number of ether oxygens (including phenoxy) is 1. The van der Waals surface area contributed by atoms with E-state index in [4.69, 9.17) is 4.74 Å². The van der Waals surface area contributed by atoms with Gasteiger partial charge in [-0.3, -0.25) is 4.39 Å². The molecule has 1 atom stereocenters. The molecule has 0 aromatic rings. The van der Waals surface area contributed by atoms with Crippen LogP contribution >= 0.6 is 0 Å². The highest BCUT2D eigenvalue weighted by atomic mass is 19.1. The third kappa shape index (κ3) is 6.55. The third-order valence-electron chi connectivity index (χ3n) is 1.75. The molecular formula is C9H20FNO. The molecule has 0 bridgehead atoms. The zero-order valence-electron chi connectivity index (χ0n) is 8.11. The fraction of sp³-hybridized carbons (Fsp3) is 1.00. The molecule has 2 nitrogen and oxygen atoms in total. The molecule has 0 spiro atoms. The van der Waals surface area contributed by atoms with Gasteiger partial charge in [0.15, 0.2) is 0 Å². The van der Waals surface area contributed by atoms with Crippen LogP contribution in [-0.4, -0.2) is 33.0 Å². The largest absolute Gasteiger partial charge is 0.383 e. The van der Waals surface area contributed by atoms with Crippen LogP contribution in [0.5, 0.6) is 0 Å². The monoisotopic (exact) mass is 177 g/mol. The molecule has 0 rings (SSSR count). The highest BCUT2D eigenvalue weighted by molar-refractivity contribution is 4.64. The fourth-order valence-electron chi connectivity index (χ4n) is 1.17. The first kappa shape index (κ1) is 11.8. The second-order valence-electron chi connectivity index (χ2n) is 2.94. The summed E-state index contributed by atoms with van der Waals surface area (Å²) in [6.45, 7) is 3.38. The Kier molecular flexibility index (Phi) is 8.83. The Labute approximate surface area is 74.5 Å². The van der Waals surface area contributed by atoms with Gasteiger partial charge in [-0.2, -0.15) is 0 Å². The Balaban J connectivity index is 3.34. The normalized spacial score (nSPS) is 13.2. The van der Waals surface area contributed by atoms with Crippen LogP contribution in [0.25, 0.3) is 0 Å². The quantitative estimate of drug-likeness (QED) is 0.570. The molecule has 0 saturated heterocycles. The predicted octanol–water partition coefficient (Wildman–Crippen LogP) is 1.75. The van der Waals surface area contributed by atoms with Crippen molar-refractivity contribution in [1.29, 1.82) is 0 Å². The van der Waals surface area contributed by atoms with Gasteiger partial charge in [0.2, 0.25) is 0 Å². The summed E-state index contributed by atoms with van der Waals surface area (Å²) < 4.78 is 16.8. The summed E-state index contributed by atoms with van der Waals surface area (Å²) in [5, 5.41) is 3.26. The van der Waals surface area contributed by atoms with Crippen molar-refractivity contribution in [2.45, 2.75) is 32.2 Å². The minimum absolute atomic E-state index is 0.237. The van der Waals surface area contributed by atoms with Crippen LogP contribution in [0.15, 0.2) is 0 Å². The van der Waals surface area contributed by atoms with E-state index in [1.165, 1.54) is 0 Å². The van der Waals surface area contributed by atoms with Crippen LogP contribution in [0.4, 0.5) is 4.39 Å². The summed E-state index contributed by atoms with van der Waals surface area (Å²) in [4.78, 5) is 0. The molecule has 1 N–H and O–H groups in total. The molecule has 0 aromatic carbocycles. The van der Waals surface area contributed by atoms with Gasteiger partial charge >= 0.3 is 0 Å². The Morgan fingerprint density at radius 1 is 1.50 bits per heavy atom. The van der Waals surface area contributed by atoms with Crippen molar-refractivity contribution in [3.05, 3.63) is 0 Å². The number of alkyl halides is 1. The summed E-state index contributed by atoms with van der Waals surface area (Å²) in [6, 6.07) is 0.395. The van der Waals surface area contributed by atoms with Crippen molar-refractivity contribution in [1.82, 2.24) is 5.32 Å². The van der Waals surface area contributed by atoms with E-state index in [0.717, 1.165) is 26.0 Å². The molecule has 74 valence electrons. The molecular weight excluding hydrogens is 157 g/mol. The van der Waals surface area contributed by atoms with Crippen LogP contribution in [0, 0.1) is 0 Å². The zero-order chi connectivity index (χ0) is 9.23. The summed E-state index contributed by atoms with van der Waals surface area (Å²) in [5.74, 6) is 0. The third-order valence-corrected chi connectivity index (χ3v) is 1.75. The van der Waals surface area contributed by atoms with Crippen LogP contribution in [-0.2, 0) is 4.74 Å². The molecule has 0 aliphatic rings. The Hall–Kier alpha value is -0.150. The number of hydrogen-bond acceptors (Lipinski definition) is 2. The summed E-state index contributed by atoms with van der Waals surface area (Å²) in [6.07, 6.45) is 2.83. The van der Waals surface area contributed by atoms with Crippen LogP contribution in [0.2, 0.25) is 0 Å². The number of nitrogens with one attached hydrogen (secondary N) is 1. The molecule has 0 saturated carbocycles. The minimum Gasteiger partial charge on any atom is -0.383 e. The maximum absolute atomic E-state index is 11.7. The van der Waals surface area contributed by atoms with E-state index in [9.17, 15) is 4.39 Å². The lowest BCUT2D eigenvalue weighted by atomic mass is 10.2. The van der Waals surface area contributed by atoms with Gasteiger partial charge in [-0.05, 0) is 19.4 Å². The van der Waals surface area contributed by atoms with Crippen LogP contribution in [0.3, 0.4) is 0 Å². The lowest BCUT2D eigenvalue weighted by Crippen LogP contribution is -2.33. The maximum atomic E-state index is 11.7. The molecule has 0 amide bonds. The second kappa shape index (κ2) is 8.94. The van der Waals surface area contributed by atoms with Crippen LogP contribution < -0.4 is 5.32 Å². The molecule has 0 fully saturated rings. The Morgan fingerprint density at radius 3 is 2.75 bits per heavy atom. The number of halogens is 1. The van der Waals surface area contributed by atoms with Gasteiger partial charge in [-0.15, -0.1) is 0 Å². The SMILES string of the molecule is CCCC(COC)NCCCF. The molecule has 0 heterocycles. The first-order valence-electron chi connectivity index (χ1n) is 4.63. The molecule has 12 heavy (non-hydrogen) atoms. The molecule has 0 aliphatic carbocycles. The Bertz CT molecular complexity index is 84.6. The van der Waals surface area contributed by atoms with Gasteiger partial charge < -0.3 is 10.1 Å². The topological polar surface area (TPSA) is 21.3 Å². The predicted molar refractivity (Wildman–Crippen MR) is 49.2 cm³/mol. The Morgan fingerprint density at radius 2 is 2.25 bits per heavy atom. The van der Waals surface area contributed by atoms with E-state index >= 15 is 0 Å². The van der Waals surface area contributed by atoms with Crippen molar-refractivity contribution < 1.29 is 9.13 Å². The summed E-state index contributed by atoms with van der Waals surface area (Å²) in [7, 11) is 1.69. The average Bonchev–Trinajstić information content (AvgIpc) is 2.06. The first-order valence-corrected chi connectivity index (χ1v) is 4.63. The number of hydrogen-bond donors (Lipinski definition) is 1. The maximum Gasteiger partial charge on any atom is 0.0906 e. The van der Waals surface area contributed by atoms with E-state index in [2.05, 4.69) is 12.2 Å². The number of rotatable bonds is 8. The van der Waals surface area contributed by atoms with Gasteiger partial charge in [0.25, 0.3) is 0 Å². The lowest BCUT2D eigenvalue weighted by molar-refractivity contribution is 0.161. The van der Waals surface area contributed by atoms with Gasteiger partial charge in [0.1, 0.15) is 0 Å². The van der Waals surface area contributed by atoms with Crippen molar-refractivity contribution >= 4 is 0 Å². The van der Waals surface area contributed by atoms with E-state index in [0.29, 0.717) is 12.5 Å². The van der Waals surface area contributed by atoms with E-state index < -0.39 is 0 Å². The summed E-state index contributed by atoms with van der Waals surface area (Å²) >= 11 is 0. The molecule has 0 radical (unpaired) electrons. The summed E-state index contributed by atoms with van der Waals surface area (Å²) in [5.41, 5.74) is 0. The van der Waals surface area contributed by atoms with E-state index in [1.807, 2.05) is 0 Å². The zero-order valence-corrected chi connectivity index (χ0v) is 8.11. The van der Waals surface area contributed by atoms with Gasteiger partial charge in [-0.25, -0.2) is 0 Å². The number of methoxy groups -OCH3 is 1. The van der Waals surface area contributed by atoms with Crippen molar-refractivity contribution in [2.24, 2.45) is 0 Å². The molecule has 3 heteroatoms. The van der Waals surface area contributed by atoms with E-state index in [1.54, 1.807) is 7.11 Å². The van der Waals surface area contributed by atoms with Gasteiger partial charge in [0, 0.05) is 13.2 Å². The van der Waals surface area contributed by atoms with Crippen molar-refractivity contribution in [3.8, 4) is 0 Å². The smallest absolute Gasteiger partial charge is 0.0906 e. The first-order chi connectivity index (χ1) is 5.85. The average molecular weight is 177 g/mol. The standard InChI is InChI=1S/C9H20FNO/c1-3-5-9(8-12-2)11-7-4-6-10/h9,11H,3-8H2,1-2H3. The minimum atomic E-state index is -0.237. The fourth-order valence-corrected chi connectivity index (χ4v) is 1.17. The molecule has 0 aliphatic heterocycles. The molecule has 0 aromatic heterocycles. The van der Waals surface area contributed by atoms with Gasteiger partial charge in [-0.1, -0.05) is 13.3 Å². The highest BCUT2D eigenvalue weighted by Gasteiger charge is 2.04. The second-order valence-corrected chi connectivity index (χ2v) is 2.94. The highest BCUT2D eigenvalue weighted by Crippen LogP contribution is 1.96. The van der Waals surface area contributed by atoms with Crippen LogP contribution in [0.1, 0.15) is 26.2 Å².